The summed E-state index contributed by atoms with van der Waals surface area (Å²) in [6, 6.07) is 8.29. The van der Waals surface area contributed by atoms with Crippen LogP contribution in [0, 0.1) is 0 Å². The maximum absolute atomic E-state index is 12.9. The van der Waals surface area contributed by atoms with Crippen molar-refractivity contribution in [3.05, 3.63) is 59.6 Å². The first kappa shape index (κ1) is 20.5. The molecule has 1 aromatic carbocycles. The number of benzene rings is 1. The Labute approximate surface area is 181 Å². The van der Waals surface area contributed by atoms with Crippen molar-refractivity contribution >= 4 is 11.7 Å². The number of carbonyl (C=O) groups excluding carboxylic acids is 1. The minimum atomic E-state index is -4.48. The summed E-state index contributed by atoms with van der Waals surface area (Å²) >= 11 is 0. The van der Waals surface area contributed by atoms with Crippen LogP contribution < -0.4 is 4.90 Å². The van der Waals surface area contributed by atoms with Gasteiger partial charge in [0.1, 0.15) is 5.82 Å². The van der Waals surface area contributed by atoms with Gasteiger partial charge in [-0.05, 0) is 43.2 Å². The molecular formula is C22H20F3N5O2. The standard InChI is InChI=1S/C22H20F3N5O2/c23-22(24,25)17-3-1-2-15(12-17)21(31)30-10-8-29(9-11-30)18-7-6-16(13-26-18)19-27-20(32-28-19)14-4-5-14/h1-3,6-7,12-14H,4-5,8-11H2. The molecular weight excluding hydrogens is 423 g/mol. The number of anilines is 1. The Balaban J connectivity index is 1.21. The number of halogens is 3. The van der Waals surface area contributed by atoms with Crippen LogP contribution in [0.2, 0.25) is 0 Å². The summed E-state index contributed by atoms with van der Waals surface area (Å²) in [6.07, 6.45) is -0.618. The Hall–Kier alpha value is -3.43. The van der Waals surface area contributed by atoms with E-state index in [0.717, 1.165) is 36.4 Å². The van der Waals surface area contributed by atoms with E-state index in [9.17, 15) is 18.0 Å². The first-order valence-corrected chi connectivity index (χ1v) is 10.4. The SMILES string of the molecule is O=C(c1cccc(C(F)(F)F)c1)N1CCN(c2ccc(-c3noc(C4CC4)n3)cn2)CC1. The maximum Gasteiger partial charge on any atom is 0.416 e. The Kier molecular flexibility index (Phi) is 5.07. The molecule has 10 heteroatoms. The largest absolute Gasteiger partial charge is 0.416 e. The number of carbonyl (C=O) groups is 1. The minimum absolute atomic E-state index is 0.0430. The lowest BCUT2D eigenvalue weighted by molar-refractivity contribution is -0.137. The molecule has 1 saturated heterocycles. The number of hydrogen-bond acceptors (Lipinski definition) is 6. The molecule has 2 fully saturated rings. The van der Waals surface area contributed by atoms with E-state index in [2.05, 4.69) is 15.1 Å². The van der Waals surface area contributed by atoms with Crippen LogP contribution in [-0.4, -0.2) is 52.1 Å². The highest BCUT2D eigenvalue weighted by Gasteiger charge is 2.32. The molecule has 0 bridgehead atoms. The minimum Gasteiger partial charge on any atom is -0.353 e. The van der Waals surface area contributed by atoms with Crippen molar-refractivity contribution in [2.75, 3.05) is 31.1 Å². The lowest BCUT2D eigenvalue weighted by Gasteiger charge is -2.35. The van der Waals surface area contributed by atoms with Crippen molar-refractivity contribution in [1.29, 1.82) is 0 Å². The number of aromatic nitrogens is 3. The van der Waals surface area contributed by atoms with Gasteiger partial charge in [0.15, 0.2) is 0 Å². The molecule has 3 aromatic rings. The molecule has 0 atom stereocenters. The van der Waals surface area contributed by atoms with Crippen molar-refractivity contribution in [3.8, 4) is 11.4 Å². The maximum atomic E-state index is 12.9. The number of pyridine rings is 1. The topological polar surface area (TPSA) is 75.4 Å². The summed E-state index contributed by atoms with van der Waals surface area (Å²) in [5.41, 5.74) is -0.0127. The second-order valence-electron chi connectivity index (χ2n) is 7.99. The first-order valence-electron chi connectivity index (χ1n) is 10.4. The van der Waals surface area contributed by atoms with Gasteiger partial charge >= 0.3 is 6.18 Å². The second kappa shape index (κ2) is 7.92. The van der Waals surface area contributed by atoms with Gasteiger partial charge in [-0.1, -0.05) is 11.2 Å². The number of rotatable bonds is 4. The highest BCUT2D eigenvalue weighted by atomic mass is 19.4. The van der Waals surface area contributed by atoms with Crippen molar-refractivity contribution in [2.24, 2.45) is 0 Å². The van der Waals surface area contributed by atoms with E-state index in [-0.39, 0.29) is 5.56 Å². The van der Waals surface area contributed by atoms with Gasteiger partial charge in [0.05, 0.1) is 5.56 Å². The van der Waals surface area contributed by atoms with Gasteiger partial charge in [-0.3, -0.25) is 4.79 Å². The highest BCUT2D eigenvalue weighted by molar-refractivity contribution is 5.94. The molecule has 0 spiro atoms. The molecule has 5 rings (SSSR count). The van der Waals surface area contributed by atoms with E-state index in [1.165, 1.54) is 12.1 Å². The summed E-state index contributed by atoms with van der Waals surface area (Å²) in [5, 5.41) is 4.02. The fraction of sp³-hybridized carbons (Fsp3) is 0.364. The van der Waals surface area contributed by atoms with Crippen LogP contribution in [0.15, 0.2) is 47.1 Å². The summed E-state index contributed by atoms with van der Waals surface area (Å²) in [5.74, 6) is 1.93. The van der Waals surface area contributed by atoms with Crippen LogP contribution in [0.4, 0.5) is 19.0 Å². The van der Waals surface area contributed by atoms with Crippen LogP contribution in [0.1, 0.15) is 40.6 Å². The van der Waals surface area contributed by atoms with E-state index in [1.807, 2.05) is 17.0 Å². The lowest BCUT2D eigenvalue weighted by Crippen LogP contribution is -2.49. The number of piperazine rings is 1. The van der Waals surface area contributed by atoms with Gasteiger partial charge in [0.2, 0.25) is 11.7 Å². The van der Waals surface area contributed by atoms with E-state index < -0.39 is 17.6 Å². The van der Waals surface area contributed by atoms with Gasteiger partial charge < -0.3 is 14.3 Å². The summed E-state index contributed by atoms with van der Waals surface area (Å²) in [7, 11) is 0. The Morgan fingerprint density at radius 3 is 2.50 bits per heavy atom. The smallest absolute Gasteiger partial charge is 0.353 e. The average molecular weight is 443 g/mol. The predicted octanol–water partition coefficient (Wildman–Crippen LogP) is 3.99. The van der Waals surface area contributed by atoms with E-state index in [4.69, 9.17) is 4.52 Å². The lowest BCUT2D eigenvalue weighted by atomic mass is 10.1. The number of amides is 1. The summed E-state index contributed by atoms with van der Waals surface area (Å²) in [4.78, 5) is 25.2. The molecule has 0 unspecified atom stereocenters. The van der Waals surface area contributed by atoms with Crippen molar-refractivity contribution < 1.29 is 22.5 Å². The summed E-state index contributed by atoms with van der Waals surface area (Å²) in [6.45, 7) is 1.86. The molecule has 1 saturated carbocycles. The van der Waals surface area contributed by atoms with Gasteiger partial charge in [-0.2, -0.15) is 18.2 Å². The molecule has 7 nitrogen and oxygen atoms in total. The fourth-order valence-electron chi connectivity index (χ4n) is 3.70. The second-order valence-corrected chi connectivity index (χ2v) is 7.99. The molecule has 2 aromatic heterocycles. The molecule has 1 amide bonds. The monoisotopic (exact) mass is 443 g/mol. The quantitative estimate of drug-likeness (QED) is 0.607. The van der Waals surface area contributed by atoms with E-state index in [0.29, 0.717) is 43.8 Å². The molecule has 166 valence electrons. The number of alkyl halides is 3. The van der Waals surface area contributed by atoms with E-state index >= 15 is 0 Å². The zero-order valence-electron chi connectivity index (χ0n) is 17.0. The molecule has 1 aliphatic heterocycles. The van der Waals surface area contributed by atoms with Crippen molar-refractivity contribution in [1.82, 2.24) is 20.0 Å². The van der Waals surface area contributed by atoms with Gasteiger partial charge in [0, 0.05) is 49.4 Å². The number of nitrogens with zero attached hydrogens (tertiary/aromatic N) is 5. The van der Waals surface area contributed by atoms with Crippen LogP contribution in [-0.2, 0) is 6.18 Å². The van der Waals surface area contributed by atoms with Crippen LogP contribution in [0.3, 0.4) is 0 Å². The first-order chi connectivity index (χ1) is 15.4. The zero-order valence-corrected chi connectivity index (χ0v) is 17.0. The Morgan fingerprint density at radius 1 is 1.06 bits per heavy atom. The van der Waals surface area contributed by atoms with E-state index in [1.54, 1.807) is 11.1 Å². The third-order valence-corrected chi connectivity index (χ3v) is 5.70. The van der Waals surface area contributed by atoms with Crippen LogP contribution >= 0.6 is 0 Å². The molecule has 0 N–H and O–H groups in total. The van der Waals surface area contributed by atoms with Crippen LogP contribution in [0.5, 0.6) is 0 Å². The van der Waals surface area contributed by atoms with Gasteiger partial charge in [-0.15, -0.1) is 0 Å². The fourth-order valence-corrected chi connectivity index (χ4v) is 3.70. The molecule has 3 heterocycles. The summed E-state index contributed by atoms with van der Waals surface area (Å²) < 4.78 is 44.1. The van der Waals surface area contributed by atoms with Crippen molar-refractivity contribution in [2.45, 2.75) is 24.9 Å². The van der Waals surface area contributed by atoms with Gasteiger partial charge in [-0.25, -0.2) is 4.98 Å². The highest BCUT2D eigenvalue weighted by Crippen LogP contribution is 2.39. The van der Waals surface area contributed by atoms with Crippen molar-refractivity contribution in [3.63, 3.8) is 0 Å². The van der Waals surface area contributed by atoms with Gasteiger partial charge in [0.25, 0.3) is 5.91 Å². The molecule has 1 aliphatic carbocycles. The predicted molar refractivity (Wildman–Crippen MR) is 109 cm³/mol. The van der Waals surface area contributed by atoms with Crippen LogP contribution in [0.25, 0.3) is 11.4 Å². The normalized spacial score (nSPS) is 17.0. The molecule has 32 heavy (non-hydrogen) atoms. The molecule has 2 aliphatic rings. The zero-order chi connectivity index (χ0) is 22.3. The Bertz CT molecular complexity index is 1120. The average Bonchev–Trinajstić information content (AvgIpc) is 3.55. The third-order valence-electron chi connectivity index (χ3n) is 5.70. The Morgan fingerprint density at radius 2 is 1.84 bits per heavy atom. The third kappa shape index (κ3) is 4.17. The number of hydrogen-bond donors (Lipinski definition) is 0. The molecule has 0 radical (unpaired) electrons.